The first kappa shape index (κ1) is 17.4. The molecular weight excluding hydrogens is 270 g/mol. The molecule has 1 rings (SSSR count). The molecule has 0 aromatic rings. The molecule has 0 aromatic carbocycles. The van der Waals surface area contributed by atoms with Gasteiger partial charge in [-0.05, 0) is 0 Å². The van der Waals surface area contributed by atoms with Crippen molar-refractivity contribution in [1.82, 2.24) is 5.32 Å². The summed E-state index contributed by atoms with van der Waals surface area (Å²) in [6.45, 7) is 1.04. The zero-order valence-corrected chi connectivity index (χ0v) is 11.2. The second-order valence-electron chi connectivity index (χ2n) is 3.68. The number of aliphatic hydroxyl groups excluding tert-OH is 3. The van der Waals surface area contributed by atoms with Gasteiger partial charge in [0.2, 0.25) is 0 Å². The van der Waals surface area contributed by atoms with Crippen molar-refractivity contribution >= 4 is 25.0 Å². The number of methoxy groups -OCH3 is 1. The lowest BCUT2D eigenvalue weighted by molar-refractivity contribution is -0.288. The van der Waals surface area contributed by atoms with Gasteiger partial charge in [0.05, 0.1) is 0 Å². The summed E-state index contributed by atoms with van der Waals surface area (Å²) in [4.78, 5) is 0. The van der Waals surface area contributed by atoms with Crippen LogP contribution in [0.1, 0.15) is 0 Å². The maximum atomic E-state index is 9.67. The van der Waals surface area contributed by atoms with Gasteiger partial charge in [-0.2, -0.15) is 12.6 Å². The van der Waals surface area contributed by atoms with Crippen LogP contribution < -0.4 is 5.32 Å². The lowest BCUT2D eigenvalue weighted by Crippen LogP contribution is -2.60. The highest BCUT2D eigenvalue weighted by Crippen LogP contribution is 2.21. The number of nitrogens with one attached hydrogen (secondary N) is 1. The van der Waals surface area contributed by atoms with Crippen LogP contribution in [0.2, 0.25) is 0 Å². The van der Waals surface area contributed by atoms with E-state index in [0.717, 1.165) is 0 Å². The predicted octanol–water partition coefficient (Wildman–Crippen LogP) is -1.62. The number of ether oxygens (including phenoxy) is 2. The molecule has 1 aliphatic heterocycles. The SMILES string of the molecule is COC1OC(CNCCS)C(O)C(O)C1O.Cl. The van der Waals surface area contributed by atoms with Crippen LogP contribution in [0.3, 0.4) is 0 Å². The van der Waals surface area contributed by atoms with Crippen molar-refractivity contribution in [3.8, 4) is 0 Å². The molecule has 17 heavy (non-hydrogen) atoms. The largest absolute Gasteiger partial charge is 0.388 e. The van der Waals surface area contributed by atoms with Gasteiger partial charge in [0.1, 0.15) is 24.4 Å². The molecule has 5 unspecified atom stereocenters. The van der Waals surface area contributed by atoms with E-state index in [-0.39, 0.29) is 12.4 Å². The Bertz CT molecular complexity index is 212. The van der Waals surface area contributed by atoms with Crippen LogP contribution in [-0.4, -0.2) is 72.0 Å². The number of thiol groups is 1. The average molecular weight is 290 g/mol. The monoisotopic (exact) mass is 289 g/mol. The lowest BCUT2D eigenvalue weighted by Gasteiger charge is -2.39. The number of hydrogen-bond acceptors (Lipinski definition) is 7. The fourth-order valence-electron chi connectivity index (χ4n) is 1.60. The Balaban J connectivity index is 0.00000256. The highest BCUT2D eigenvalue weighted by atomic mass is 35.5. The first-order valence-corrected chi connectivity index (χ1v) is 5.79. The second-order valence-corrected chi connectivity index (χ2v) is 4.13. The number of hydrogen-bond donors (Lipinski definition) is 5. The Labute approximate surface area is 112 Å². The van der Waals surface area contributed by atoms with E-state index in [0.29, 0.717) is 18.8 Å². The van der Waals surface area contributed by atoms with E-state index in [1.54, 1.807) is 0 Å². The van der Waals surface area contributed by atoms with Gasteiger partial charge in [-0.3, -0.25) is 0 Å². The van der Waals surface area contributed by atoms with Gasteiger partial charge >= 0.3 is 0 Å². The minimum atomic E-state index is -1.26. The summed E-state index contributed by atoms with van der Waals surface area (Å²) in [5.41, 5.74) is 0. The number of rotatable bonds is 5. The molecular formula is C9H20ClNO5S. The topological polar surface area (TPSA) is 91.2 Å². The number of aliphatic hydroxyl groups is 3. The third-order valence-corrected chi connectivity index (χ3v) is 2.76. The van der Waals surface area contributed by atoms with Crippen LogP contribution in [0.5, 0.6) is 0 Å². The van der Waals surface area contributed by atoms with Crippen LogP contribution in [0.25, 0.3) is 0 Å². The molecule has 1 saturated heterocycles. The fraction of sp³-hybridized carbons (Fsp3) is 1.00. The quantitative estimate of drug-likeness (QED) is 0.309. The molecule has 0 radical (unpaired) electrons. The van der Waals surface area contributed by atoms with Gasteiger partial charge < -0.3 is 30.1 Å². The fourth-order valence-corrected chi connectivity index (χ4v) is 1.76. The molecule has 104 valence electrons. The zero-order valence-electron chi connectivity index (χ0n) is 9.52. The molecule has 0 aliphatic carbocycles. The predicted molar refractivity (Wildman–Crippen MR) is 67.7 cm³/mol. The van der Waals surface area contributed by atoms with E-state index in [2.05, 4.69) is 17.9 Å². The molecule has 6 nitrogen and oxygen atoms in total. The first-order valence-electron chi connectivity index (χ1n) is 5.15. The Morgan fingerprint density at radius 2 is 1.88 bits per heavy atom. The molecule has 5 atom stereocenters. The zero-order chi connectivity index (χ0) is 12.1. The summed E-state index contributed by atoms with van der Waals surface area (Å²) in [5, 5.41) is 31.8. The molecule has 1 heterocycles. The van der Waals surface area contributed by atoms with Crippen LogP contribution in [0.15, 0.2) is 0 Å². The standard InChI is InChI=1S/C9H19NO5S.ClH/c1-14-9-8(13)7(12)6(11)5(15-9)4-10-2-3-16;/h5-13,16H,2-4H2,1H3;1H. The Morgan fingerprint density at radius 1 is 1.24 bits per heavy atom. The van der Waals surface area contributed by atoms with E-state index < -0.39 is 30.7 Å². The first-order chi connectivity index (χ1) is 7.61. The summed E-state index contributed by atoms with van der Waals surface area (Å²) >= 11 is 4.03. The molecule has 1 aliphatic rings. The van der Waals surface area contributed by atoms with Crippen LogP contribution in [0, 0.1) is 0 Å². The molecule has 4 N–H and O–H groups in total. The normalized spacial score (nSPS) is 37.6. The third kappa shape index (κ3) is 4.53. The summed E-state index contributed by atoms with van der Waals surface area (Å²) in [6, 6.07) is 0. The van der Waals surface area contributed by atoms with Gasteiger partial charge in [0.15, 0.2) is 6.29 Å². The van der Waals surface area contributed by atoms with Crippen molar-refractivity contribution in [3.63, 3.8) is 0 Å². The van der Waals surface area contributed by atoms with Crippen molar-refractivity contribution in [2.45, 2.75) is 30.7 Å². The van der Waals surface area contributed by atoms with Crippen molar-refractivity contribution in [2.24, 2.45) is 0 Å². The van der Waals surface area contributed by atoms with Crippen LogP contribution >= 0.6 is 25.0 Å². The molecule has 0 bridgehead atoms. The third-order valence-electron chi connectivity index (χ3n) is 2.53. The molecule has 8 heteroatoms. The van der Waals surface area contributed by atoms with Crippen molar-refractivity contribution in [2.75, 3.05) is 26.0 Å². The number of halogens is 1. The van der Waals surface area contributed by atoms with Gasteiger partial charge in [0, 0.05) is 26.0 Å². The van der Waals surface area contributed by atoms with Crippen molar-refractivity contribution < 1.29 is 24.8 Å². The molecule has 0 amide bonds. The summed E-state index contributed by atoms with van der Waals surface area (Å²) < 4.78 is 10.2. The second kappa shape index (κ2) is 8.49. The molecule has 0 aromatic heterocycles. The van der Waals surface area contributed by atoms with Crippen LogP contribution in [0.4, 0.5) is 0 Å². The van der Waals surface area contributed by atoms with Gasteiger partial charge in [-0.15, -0.1) is 12.4 Å². The highest BCUT2D eigenvalue weighted by Gasteiger charge is 2.43. The maximum absolute atomic E-state index is 9.67. The van der Waals surface area contributed by atoms with Crippen molar-refractivity contribution in [1.29, 1.82) is 0 Å². The minimum absolute atomic E-state index is 0. The minimum Gasteiger partial charge on any atom is -0.388 e. The Morgan fingerprint density at radius 3 is 2.41 bits per heavy atom. The summed E-state index contributed by atoms with van der Waals surface area (Å²) in [5.74, 6) is 0.668. The van der Waals surface area contributed by atoms with E-state index in [1.807, 2.05) is 0 Å². The Kier molecular flexibility index (Phi) is 8.69. The van der Waals surface area contributed by atoms with E-state index in [9.17, 15) is 15.3 Å². The van der Waals surface area contributed by atoms with E-state index in [4.69, 9.17) is 9.47 Å². The highest BCUT2D eigenvalue weighted by molar-refractivity contribution is 7.80. The summed E-state index contributed by atoms with van der Waals surface area (Å²) in [7, 11) is 1.37. The van der Waals surface area contributed by atoms with Crippen molar-refractivity contribution in [3.05, 3.63) is 0 Å². The smallest absolute Gasteiger partial charge is 0.186 e. The van der Waals surface area contributed by atoms with E-state index in [1.165, 1.54) is 7.11 Å². The molecule has 0 spiro atoms. The average Bonchev–Trinajstić information content (AvgIpc) is 2.29. The lowest BCUT2D eigenvalue weighted by atomic mass is 9.99. The maximum Gasteiger partial charge on any atom is 0.186 e. The molecule has 1 fully saturated rings. The van der Waals surface area contributed by atoms with Gasteiger partial charge in [-0.25, -0.2) is 0 Å². The summed E-state index contributed by atoms with van der Waals surface area (Å²) in [6.07, 6.45) is -5.15. The van der Waals surface area contributed by atoms with Gasteiger partial charge in [0.25, 0.3) is 0 Å². The van der Waals surface area contributed by atoms with Crippen LogP contribution in [-0.2, 0) is 9.47 Å². The van der Waals surface area contributed by atoms with Gasteiger partial charge in [-0.1, -0.05) is 0 Å². The Hall–Kier alpha value is 0.400. The molecule has 0 saturated carbocycles. The van der Waals surface area contributed by atoms with E-state index >= 15 is 0 Å².